The minimum atomic E-state index is 0.814. The van der Waals surface area contributed by atoms with Crippen molar-refractivity contribution in [2.24, 2.45) is 0 Å². The van der Waals surface area contributed by atoms with Gasteiger partial charge >= 0.3 is 0 Å². The number of hydrogen-bond acceptors (Lipinski definition) is 3. The monoisotopic (exact) mass is 287 g/mol. The predicted molar refractivity (Wildman–Crippen MR) is 85.5 cm³/mol. The quantitative estimate of drug-likeness (QED) is 0.659. The molecule has 0 saturated heterocycles. The normalized spacial score (nSPS) is 10.7. The summed E-state index contributed by atoms with van der Waals surface area (Å²) in [6, 6.07) is 8.34. The fraction of sp³-hybridized carbons (Fsp3) is 0.471. The smallest absolute Gasteiger partial charge is 0.119 e. The summed E-state index contributed by atoms with van der Waals surface area (Å²) in [7, 11) is 0. The van der Waals surface area contributed by atoms with Gasteiger partial charge in [-0.15, -0.1) is 0 Å². The Morgan fingerprint density at radius 2 is 2.05 bits per heavy atom. The lowest BCUT2D eigenvalue weighted by molar-refractivity contribution is 0.306. The molecular weight excluding hydrogens is 262 g/mol. The van der Waals surface area contributed by atoms with E-state index in [9.17, 15) is 0 Å². The van der Waals surface area contributed by atoms with Crippen molar-refractivity contribution in [3.63, 3.8) is 0 Å². The van der Waals surface area contributed by atoms with Gasteiger partial charge in [-0.05, 0) is 24.1 Å². The molecule has 4 heteroatoms. The average molecular weight is 287 g/mol. The highest BCUT2D eigenvalue weighted by atomic mass is 16.5. The molecule has 0 unspecified atom stereocenters. The number of aromatic amines is 1. The zero-order valence-electron chi connectivity index (χ0n) is 12.8. The maximum atomic E-state index is 5.70. The van der Waals surface area contributed by atoms with E-state index in [0.29, 0.717) is 0 Å². The van der Waals surface area contributed by atoms with E-state index < -0.39 is 0 Å². The minimum Gasteiger partial charge on any atom is -0.494 e. The first-order valence-corrected chi connectivity index (χ1v) is 7.79. The van der Waals surface area contributed by atoms with Gasteiger partial charge in [0, 0.05) is 31.9 Å². The fourth-order valence-corrected chi connectivity index (χ4v) is 2.12. The van der Waals surface area contributed by atoms with Crippen LogP contribution in [0.2, 0.25) is 0 Å². The molecular formula is C17H25N3O. The van der Waals surface area contributed by atoms with Crippen LogP contribution in [-0.2, 0) is 13.0 Å². The number of nitrogens with one attached hydrogen (secondary N) is 2. The van der Waals surface area contributed by atoms with E-state index in [1.54, 1.807) is 6.20 Å². The summed E-state index contributed by atoms with van der Waals surface area (Å²) < 4.78 is 5.70. The van der Waals surface area contributed by atoms with Crippen molar-refractivity contribution >= 4 is 0 Å². The first kappa shape index (κ1) is 15.6. The summed E-state index contributed by atoms with van der Waals surface area (Å²) in [5.74, 6) is 1.99. The molecule has 21 heavy (non-hydrogen) atoms. The summed E-state index contributed by atoms with van der Waals surface area (Å²) in [5.41, 5.74) is 1.27. The van der Waals surface area contributed by atoms with Crippen LogP contribution in [0.25, 0.3) is 0 Å². The van der Waals surface area contributed by atoms with Gasteiger partial charge in [-0.2, -0.15) is 0 Å². The third-order valence-corrected chi connectivity index (χ3v) is 3.36. The lowest BCUT2D eigenvalue weighted by atomic mass is 10.2. The van der Waals surface area contributed by atoms with Crippen LogP contribution in [0, 0.1) is 0 Å². The first-order valence-electron chi connectivity index (χ1n) is 7.79. The molecule has 114 valence electrons. The Labute approximate surface area is 127 Å². The van der Waals surface area contributed by atoms with Crippen molar-refractivity contribution in [3.05, 3.63) is 48.0 Å². The fourth-order valence-electron chi connectivity index (χ4n) is 2.12. The molecule has 0 aliphatic carbocycles. The Morgan fingerprint density at radius 3 is 2.76 bits per heavy atom. The van der Waals surface area contributed by atoms with E-state index in [2.05, 4.69) is 46.5 Å². The highest BCUT2D eigenvalue weighted by Crippen LogP contribution is 2.12. The molecule has 0 radical (unpaired) electrons. The number of ether oxygens (including phenoxy) is 1. The third-order valence-electron chi connectivity index (χ3n) is 3.36. The minimum absolute atomic E-state index is 0.814. The molecule has 2 aromatic rings. The van der Waals surface area contributed by atoms with Gasteiger partial charge in [0.25, 0.3) is 0 Å². The summed E-state index contributed by atoms with van der Waals surface area (Å²) >= 11 is 0. The van der Waals surface area contributed by atoms with Gasteiger partial charge < -0.3 is 15.0 Å². The van der Waals surface area contributed by atoms with E-state index in [-0.39, 0.29) is 0 Å². The molecule has 1 aromatic carbocycles. The second-order valence-corrected chi connectivity index (χ2v) is 5.16. The Kier molecular flexibility index (Phi) is 6.81. The van der Waals surface area contributed by atoms with Crippen LogP contribution in [0.5, 0.6) is 5.75 Å². The zero-order valence-corrected chi connectivity index (χ0v) is 12.8. The number of rotatable bonds is 10. The molecule has 0 atom stereocenters. The number of hydrogen-bond donors (Lipinski definition) is 2. The predicted octanol–water partition coefficient (Wildman–Crippen LogP) is 3.31. The van der Waals surface area contributed by atoms with Crippen molar-refractivity contribution in [2.45, 2.75) is 39.2 Å². The highest BCUT2D eigenvalue weighted by molar-refractivity contribution is 5.27. The maximum Gasteiger partial charge on any atom is 0.119 e. The van der Waals surface area contributed by atoms with Crippen molar-refractivity contribution in [2.75, 3.05) is 13.2 Å². The SMILES string of the molecule is CCCCCOc1ccc(CNCCc2ncc[nH]2)cc1. The van der Waals surface area contributed by atoms with Gasteiger partial charge in [0.1, 0.15) is 11.6 Å². The molecule has 2 N–H and O–H groups in total. The maximum absolute atomic E-state index is 5.70. The third kappa shape index (κ3) is 6.00. The highest BCUT2D eigenvalue weighted by Gasteiger charge is 1.97. The lowest BCUT2D eigenvalue weighted by Crippen LogP contribution is -2.17. The molecule has 4 nitrogen and oxygen atoms in total. The van der Waals surface area contributed by atoms with Crippen molar-refractivity contribution in [1.82, 2.24) is 15.3 Å². The topological polar surface area (TPSA) is 49.9 Å². The van der Waals surface area contributed by atoms with Crippen molar-refractivity contribution < 1.29 is 4.74 Å². The number of unbranched alkanes of at least 4 members (excludes halogenated alkanes) is 2. The van der Waals surface area contributed by atoms with E-state index in [1.807, 2.05) is 6.20 Å². The molecule has 0 aliphatic rings. The van der Waals surface area contributed by atoms with Crippen LogP contribution in [0.4, 0.5) is 0 Å². The summed E-state index contributed by atoms with van der Waals surface area (Å²) in [5, 5.41) is 3.42. The molecule has 0 fully saturated rings. The van der Waals surface area contributed by atoms with E-state index in [1.165, 1.54) is 18.4 Å². The Hall–Kier alpha value is -1.81. The van der Waals surface area contributed by atoms with Gasteiger partial charge in [0.2, 0.25) is 0 Å². The molecule has 0 amide bonds. The lowest BCUT2D eigenvalue weighted by Gasteiger charge is -2.07. The van der Waals surface area contributed by atoms with Crippen LogP contribution < -0.4 is 10.1 Å². The van der Waals surface area contributed by atoms with Gasteiger partial charge in [0.15, 0.2) is 0 Å². The van der Waals surface area contributed by atoms with Crippen LogP contribution in [0.15, 0.2) is 36.7 Å². The van der Waals surface area contributed by atoms with Crippen LogP contribution in [0.1, 0.15) is 37.6 Å². The van der Waals surface area contributed by atoms with Gasteiger partial charge in [0.05, 0.1) is 6.61 Å². The van der Waals surface area contributed by atoms with Crippen LogP contribution in [0.3, 0.4) is 0 Å². The molecule has 0 spiro atoms. The second kappa shape index (κ2) is 9.19. The van der Waals surface area contributed by atoms with E-state index in [0.717, 1.165) is 44.1 Å². The van der Waals surface area contributed by atoms with E-state index >= 15 is 0 Å². The summed E-state index contributed by atoms with van der Waals surface area (Å²) in [6.45, 7) is 4.81. The van der Waals surface area contributed by atoms with E-state index in [4.69, 9.17) is 4.74 Å². The molecule has 1 aromatic heterocycles. The van der Waals surface area contributed by atoms with Crippen molar-refractivity contribution in [3.8, 4) is 5.75 Å². The zero-order chi connectivity index (χ0) is 14.8. The Bertz CT molecular complexity index is 479. The number of H-pyrrole nitrogens is 1. The number of nitrogens with zero attached hydrogens (tertiary/aromatic N) is 1. The Morgan fingerprint density at radius 1 is 1.19 bits per heavy atom. The summed E-state index contributed by atoms with van der Waals surface area (Å²) in [4.78, 5) is 7.31. The van der Waals surface area contributed by atoms with Gasteiger partial charge in [-0.1, -0.05) is 31.9 Å². The number of imidazole rings is 1. The first-order chi connectivity index (χ1) is 10.4. The molecule has 2 rings (SSSR count). The molecule has 0 saturated carbocycles. The molecule has 1 heterocycles. The van der Waals surface area contributed by atoms with Gasteiger partial charge in [-0.25, -0.2) is 4.98 Å². The Balaban J connectivity index is 1.62. The largest absolute Gasteiger partial charge is 0.494 e. The number of aromatic nitrogens is 2. The second-order valence-electron chi connectivity index (χ2n) is 5.16. The van der Waals surface area contributed by atoms with Crippen LogP contribution in [-0.4, -0.2) is 23.1 Å². The summed E-state index contributed by atoms with van der Waals surface area (Å²) in [6.07, 6.45) is 8.16. The molecule has 0 bridgehead atoms. The standard InChI is InChI=1S/C17H25N3O/c1-2-3-4-13-21-16-7-5-15(6-8-16)14-18-10-9-17-19-11-12-20-17/h5-8,11-12,18H,2-4,9-10,13-14H2,1H3,(H,19,20). The average Bonchev–Trinajstić information content (AvgIpc) is 3.03. The van der Waals surface area contributed by atoms with Crippen molar-refractivity contribution in [1.29, 1.82) is 0 Å². The molecule has 0 aliphatic heterocycles. The van der Waals surface area contributed by atoms with Gasteiger partial charge in [-0.3, -0.25) is 0 Å². The number of benzene rings is 1. The van der Waals surface area contributed by atoms with Crippen LogP contribution >= 0.6 is 0 Å².